The van der Waals surface area contributed by atoms with Crippen molar-refractivity contribution in [3.63, 3.8) is 0 Å². The predicted octanol–water partition coefficient (Wildman–Crippen LogP) is 15.4. The monoisotopic (exact) mass is 1220 g/mol. The Morgan fingerprint density at radius 1 is 0.347 bits per heavy atom. The molecule has 4 heterocycles. The molecule has 0 radical (unpaired) electrons. The Morgan fingerprint density at radius 2 is 0.694 bits per heavy atom. The molecule has 9 aromatic carbocycles. The molecule has 0 bridgehead atoms. The van der Waals surface area contributed by atoms with Crippen LogP contribution in [0.25, 0.3) is 0 Å². The van der Waals surface area contributed by atoms with E-state index in [0.29, 0.717) is 0 Å². The van der Waals surface area contributed by atoms with Crippen LogP contribution in [0.3, 0.4) is 0 Å². The van der Waals surface area contributed by atoms with E-state index in [9.17, 15) is 0 Å². The van der Waals surface area contributed by atoms with Gasteiger partial charge in [-0.25, -0.2) is 0 Å². The smallest absolute Gasteiger partial charge is 0.247 e. The molecule has 2 nitrogen and oxygen atoms in total. The van der Waals surface area contributed by atoms with Crippen LogP contribution in [-0.4, -0.2) is 13.4 Å². The molecule has 0 N–H and O–H groups in total. The standard InChI is InChI=1S/C62H48B2I2N2S4/c1-3-5-11-39-17-25-43(26-18-39)67(45-29-21-41(65)22-30-45)47-33-57-61-59(35-47)71-55-38-56-52(37-51(55)63(61)49-13-7-9-15-53(49)69-57)64-50-14-8-10-16-54(50)70-58-34-48(36-60(72-56)62(58)64)68(46-31-23-42(66)24-32-46)44-27-19-40(20-28-44)12-6-4-2/h7-10,13-38H,3-6,11-12H2,1-2H3. The molecule has 4 aliphatic heterocycles. The molecular weight excluding hydrogens is 1180 g/mol. The van der Waals surface area contributed by atoms with Crippen LogP contribution in [0.2, 0.25) is 0 Å². The van der Waals surface area contributed by atoms with Crippen molar-refractivity contribution in [1.82, 2.24) is 0 Å². The van der Waals surface area contributed by atoms with Gasteiger partial charge in [0.15, 0.2) is 0 Å². The SMILES string of the molecule is CCCCc1ccc(N(c2ccc(I)cc2)c2cc3c4c(c2)Sc2cc5c(cc2B4c2ccccc2S3)B2c3ccccc3Sc3cc(N(c4ccc(I)cc4)c4ccc(CCCC)cc4)cc(c32)S5)cc1. The van der Waals surface area contributed by atoms with Crippen LogP contribution in [0.4, 0.5) is 34.1 Å². The number of unbranched alkanes of at least 4 members (excludes halogenated alkanes) is 2. The zero-order valence-corrected chi connectivity index (χ0v) is 47.6. The zero-order chi connectivity index (χ0) is 48.5. The number of fused-ring (bicyclic) bond motifs is 8. The van der Waals surface area contributed by atoms with Crippen molar-refractivity contribution in [1.29, 1.82) is 0 Å². The fraction of sp³-hybridized carbons (Fsp3) is 0.129. The first-order chi connectivity index (χ1) is 35.4. The van der Waals surface area contributed by atoms with Gasteiger partial charge in [-0.1, -0.05) is 162 Å². The third-order valence-corrected chi connectivity index (χ3v) is 20.6. The van der Waals surface area contributed by atoms with Crippen molar-refractivity contribution in [3.8, 4) is 0 Å². The molecule has 72 heavy (non-hydrogen) atoms. The van der Waals surface area contributed by atoms with Crippen molar-refractivity contribution < 1.29 is 0 Å². The molecule has 4 aliphatic rings. The van der Waals surface area contributed by atoms with Crippen LogP contribution in [-0.2, 0) is 12.8 Å². The Hall–Kier alpha value is -4.43. The number of nitrogens with zero attached hydrogens (tertiary/aromatic N) is 2. The van der Waals surface area contributed by atoms with Gasteiger partial charge in [-0.05, 0) is 208 Å². The largest absolute Gasteiger partial charge is 0.310 e. The highest BCUT2D eigenvalue weighted by Gasteiger charge is 2.43. The van der Waals surface area contributed by atoms with Crippen molar-refractivity contribution in [2.45, 2.75) is 91.5 Å². The summed E-state index contributed by atoms with van der Waals surface area (Å²) in [4.78, 5) is 15.7. The predicted molar refractivity (Wildman–Crippen MR) is 330 cm³/mol. The fourth-order valence-electron chi connectivity index (χ4n) is 11.1. The second-order valence-corrected chi connectivity index (χ2v) is 26.0. The summed E-state index contributed by atoms with van der Waals surface area (Å²) < 4.78 is 2.47. The number of rotatable bonds is 12. The molecule has 0 amide bonds. The molecular formula is C62H48B2I2N2S4. The van der Waals surface area contributed by atoms with E-state index < -0.39 is 0 Å². The highest BCUT2D eigenvalue weighted by atomic mass is 127. The van der Waals surface area contributed by atoms with Gasteiger partial charge in [-0.2, -0.15) is 0 Å². The summed E-state index contributed by atoms with van der Waals surface area (Å²) in [7, 11) is 0. The molecule has 10 heteroatoms. The first-order valence-corrected chi connectivity index (χ1v) is 30.5. The van der Waals surface area contributed by atoms with E-state index in [1.54, 1.807) is 0 Å². The summed E-state index contributed by atoms with van der Waals surface area (Å²) in [5, 5.41) is 0. The fourth-order valence-corrected chi connectivity index (χ4v) is 16.9. The molecule has 9 aromatic rings. The highest BCUT2D eigenvalue weighted by molar-refractivity contribution is 14.1. The van der Waals surface area contributed by atoms with Gasteiger partial charge in [0.1, 0.15) is 0 Å². The van der Waals surface area contributed by atoms with Crippen LogP contribution in [0.15, 0.2) is 221 Å². The maximum absolute atomic E-state index is 2.64. The Bertz CT molecular complexity index is 3320. The van der Waals surface area contributed by atoms with Crippen LogP contribution in [0.1, 0.15) is 50.7 Å². The number of anilines is 6. The Morgan fingerprint density at radius 3 is 1.07 bits per heavy atom. The van der Waals surface area contributed by atoms with Crippen molar-refractivity contribution in [2.75, 3.05) is 9.80 Å². The number of hydrogen-bond donors (Lipinski definition) is 0. The lowest BCUT2D eigenvalue weighted by Crippen LogP contribution is -2.62. The Balaban J connectivity index is 0.956. The topological polar surface area (TPSA) is 6.48 Å². The second kappa shape index (κ2) is 20.0. The van der Waals surface area contributed by atoms with Crippen LogP contribution in [0, 0.1) is 7.14 Å². The van der Waals surface area contributed by atoms with Crippen molar-refractivity contribution in [2.24, 2.45) is 0 Å². The quantitative estimate of drug-likeness (QED) is 0.0882. The number of halogens is 2. The van der Waals surface area contributed by atoms with E-state index in [0.717, 1.165) is 12.8 Å². The molecule has 0 atom stereocenters. The summed E-state index contributed by atoms with van der Waals surface area (Å²) in [5.74, 6) is 0. The molecule has 0 spiro atoms. The second-order valence-electron chi connectivity index (χ2n) is 19.2. The summed E-state index contributed by atoms with van der Waals surface area (Å²) in [6.07, 6.45) is 7.02. The summed E-state index contributed by atoms with van der Waals surface area (Å²) >= 11 is 12.7. The molecule has 0 aliphatic carbocycles. The van der Waals surface area contributed by atoms with Gasteiger partial charge in [-0.3, -0.25) is 0 Å². The van der Waals surface area contributed by atoms with Crippen molar-refractivity contribution >= 4 is 173 Å². The van der Waals surface area contributed by atoms with Gasteiger partial charge in [0.25, 0.3) is 0 Å². The van der Waals surface area contributed by atoms with Gasteiger partial charge in [0.05, 0.1) is 0 Å². The summed E-state index contributed by atoms with van der Waals surface area (Å²) in [6.45, 7) is 4.80. The summed E-state index contributed by atoms with van der Waals surface area (Å²) in [6, 6.07) is 70.1. The van der Waals surface area contributed by atoms with Gasteiger partial charge < -0.3 is 9.80 Å². The average Bonchev–Trinajstić information content (AvgIpc) is 3.41. The molecule has 0 unspecified atom stereocenters. The average molecular weight is 1220 g/mol. The van der Waals surface area contributed by atoms with Crippen LogP contribution in [0.5, 0.6) is 0 Å². The summed E-state index contributed by atoms with van der Waals surface area (Å²) in [5.41, 5.74) is 18.4. The van der Waals surface area contributed by atoms with Gasteiger partial charge in [0, 0.05) is 80.4 Å². The maximum atomic E-state index is 2.64. The first-order valence-electron chi connectivity index (χ1n) is 25.1. The van der Waals surface area contributed by atoms with E-state index >= 15 is 0 Å². The first kappa shape index (κ1) is 47.3. The van der Waals surface area contributed by atoms with E-state index in [-0.39, 0.29) is 13.4 Å². The van der Waals surface area contributed by atoms with E-state index in [1.807, 2.05) is 47.0 Å². The highest BCUT2D eigenvalue weighted by Crippen LogP contribution is 2.48. The van der Waals surface area contributed by atoms with Gasteiger partial charge >= 0.3 is 0 Å². The molecule has 350 valence electrons. The third kappa shape index (κ3) is 8.67. The minimum Gasteiger partial charge on any atom is -0.310 e. The normalized spacial score (nSPS) is 13.3. The molecule has 13 rings (SSSR count). The van der Waals surface area contributed by atoms with Crippen LogP contribution >= 0.6 is 92.2 Å². The third-order valence-electron chi connectivity index (χ3n) is 14.6. The minimum atomic E-state index is 0.130. The molecule has 0 saturated heterocycles. The van der Waals surface area contributed by atoms with E-state index in [4.69, 9.17) is 0 Å². The van der Waals surface area contributed by atoms with Gasteiger partial charge in [0.2, 0.25) is 13.4 Å². The molecule has 0 aromatic heterocycles. The number of aryl methyl sites for hydroxylation is 2. The Kier molecular flexibility index (Phi) is 13.1. The molecule has 0 saturated carbocycles. The van der Waals surface area contributed by atoms with E-state index in [2.05, 4.69) is 251 Å². The minimum absolute atomic E-state index is 0.130. The van der Waals surface area contributed by atoms with E-state index in [1.165, 1.54) is 150 Å². The van der Waals surface area contributed by atoms with Gasteiger partial charge in [-0.15, -0.1) is 0 Å². The van der Waals surface area contributed by atoms with Crippen LogP contribution < -0.4 is 42.6 Å². The number of hydrogen-bond acceptors (Lipinski definition) is 6. The lowest BCUT2D eigenvalue weighted by atomic mass is 9.33. The number of benzene rings is 9. The Labute approximate surface area is 469 Å². The maximum Gasteiger partial charge on any atom is 0.247 e. The lowest BCUT2D eigenvalue weighted by Gasteiger charge is -2.38. The molecule has 0 fully saturated rings. The van der Waals surface area contributed by atoms with Crippen molar-refractivity contribution in [3.05, 3.63) is 200 Å². The zero-order valence-electron chi connectivity index (χ0n) is 40.0. The lowest BCUT2D eigenvalue weighted by molar-refractivity contribution is 0.795.